The van der Waals surface area contributed by atoms with Crippen molar-refractivity contribution in [2.75, 3.05) is 26.1 Å². The maximum atomic E-state index is 5.37. The van der Waals surface area contributed by atoms with Gasteiger partial charge in [0.1, 0.15) is 5.75 Å². The van der Waals surface area contributed by atoms with E-state index in [2.05, 4.69) is 29.6 Å². The van der Waals surface area contributed by atoms with Gasteiger partial charge in [-0.1, -0.05) is 36.4 Å². The molecule has 3 heteroatoms. The van der Waals surface area contributed by atoms with E-state index < -0.39 is 0 Å². The van der Waals surface area contributed by atoms with Crippen LogP contribution in [0.4, 0.5) is 5.69 Å². The van der Waals surface area contributed by atoms with Crippen LogP contribution in [0.15, 0.2) is 48.5 Å². The normalized spacial score (nSPS) is 10.3. The van der Waals surface area contributed by atoms with E-state index in [0.29, 0.717) is 0 Å². The summed E-state index contributed by atoms with van der Waals surface area (Å²) in [7, 11) is 3.43. The lowest BCUT2D eigenvalue weighted by Gasteiger charge is -2.13. The zero-order valence-electron chi connectivity index (χ0n) is 12.1. The fourth-order valence-corrected chi connectivity index (χ4v) is 2.16. The van der Waals surface area contributed by atoms with E-state index in [0.717, 1.165) is 36.6 Å². The van der Waals surface area contributed by atoms with Gasteiger partial charge in [0, 0.05) is 24.9 Å². The van der Waals surface area contributed by atoms with Crippen LogP contribution < -0.4 is 10.1 Å². The van der Waals surface area contributed by atoms with Gasteiger partial charge in [0.15, 0.2) is 0 Å². The van der Waals surface area contributed by atoms with E-state index in [4.69, 9.17) is 9.47 Å². The van der Waals surface area contributed by atoms with Crippen LogP contribution in [0.2, 0.25) is 0 Å². The third-order valence-corrected chi connectivity index (χ3v) is 3.25. The molecule has 0 saturated heterocycles. The number of rotatable bonds is 7. The van der Waals surface area contributed by atoms with E-state index in [1.54, 1.807) is 14.2 Å². The first kappa shape index (κ1) is 14.4. The van der Waals surface area contributed by atoms with Crippen molar-refractivity contribution in [1.82, 2.24) is 0 Å². The minimum Gasteiger partial charge on any atom is -0.496 e. The minimum absolute atomic E-state index is 0.730. The SMILES string of the molecule is COCCc1ccccc1NCc1ccccc1OC. The Bertz CT molecular complexity index is 540. The summed E-state index contributed by atoms with van der Waals surface area (Å²) in [6.45, 7) is 1.47. The number of nitrogens with one attached hydrogen (secondary N) is 1. The topological polar surface area (TPSA) is 30.5 Å². The van der Waals surface area contributed by atoms with Gasteiger partial charge in [-0.2, -0.15) is 0 Å². The molecule has 20 heavy (non-hydrogen) atoms. The number of methoxy groups -OCH3 is 2. The zero-order valence-corrected chi connectivity index (χ0v) is 12.1. The lowest BCUT2D eigenvalue weighted by molar-refractivity contribution is 0.202. The zero-order chi connectivity index (χ0) is 14.2. The third-order valence-electron chi connectivity index (χ3n) is 3.25. The number of hydrogen-bond donors (Lipinski definition) is 1. The third kappa shape index (κ3) is 3.75. The molecule has 0 aliphatic heterocycles. The second-order valence-electron chi connectivity index (χ2n) is 4.57. The van der Waals surface area contributed by atoms with Crippen molar-refractivity contribution in [1.29, 1.82) is 0 Å². The van der Waals surface area contributed by atoms with E-state index in [1.165, 1.54) is 5.56 Å². The van der Waals surface area contributed by atoms with E-state index in [-0.39, 0.29) is 0 Å². The number of benzene rings is 2. The van der Waals surface area contributed by atoms with Gasteiger partial charge in [0.05, 0.1) is 13.7 Å². The summed E-state index contributed by atoms with van der Waals surface area (Å²) in [6, 6.07) is 16.4. The Hall–Kier alpha value is -2.00. The summed E-state index contributed by atoms with van der Waals surface area (Å²) in [5, 5.41) is 3.48. The predicted octanol–water partition coefficient (Wildman–Crippen LogP) is 3.50. The highest BCUT2D eigenvalue weighted by Gasteiger charge is 2.04. The Morgan fingerprint density at radius 1 is 0.900 bits per heavy atom. The molecule has 0 bridgehead atoms. The molecule has 0 spiro atoms. The molecule has 0 fully saturated rings. The fourth-order valence-electron chi connectivity index (χ4n) is 2.16. The minimum atomic E-state index is 0.730. The fraction of sp³-hybridized carbons (Fsp3) is 0.294. The van der Waals surface area contributed by atoms with Crippen LogP contribution in [-0.4, -0.2) is 20.8 Å². The van der Waals surface area contributed by atoms with Crippen LogP contribution in [0.1, 0.15) is 11.1 Å². The van der Waals surface area contributed by atoms with Crippen LogP contribution in [0.3, 0.4) is 0 Å². The molecule has 0 unspecified atom stereocenters. The van der Waals surface area contributed by atoms with Crippen molar-refractivity contribution < 1.29 is 9.47 Å². The quantitative estimate of drug-likeness (QED) is 0.836. The summed E-state index contributed by atoms with van der Waals surface area (Å²) in [5.41, 5.74) is 3.57. The van der Waals surface area contributed by atoms with Gasteiger partial charge >= 0.3 is 0 Å². The first-order chi connectivity index (χ1) is 9.85. The first-order valence-corrected chi connectivity index (χ1v) is 6.77. The number of anilines is 1. The average Bonchev–Trinajstić information content (AvgIpc) is 2.52. The van der Waals surface area contributed by atoms with Gasteiger partial charge in [-0.25, -0.2) is 0 Å². The molecule has 3 nitrogen and oxygen atoms in total. The van der Waals surface area contributed by atoms with Gasteiger partial charge in [-0.15, -0.1) is 0 Å². The van der Waals surface area contributed by atoms with Gasteiger partial charge in [0.2, 0.25) is 0 Å². The molecular formula is C17H21NO2. The van der Waals surface area contributed by atoms with E-state index in [9.17, 15) is 0 Å². The van der Waals surface area contributed by atoms with Gasteiger partial charge < -0.3 is 14.8 Å². The van der Waals surface area contributed by atoms with Crippen LogP contribution in [0.25, 0.3) is 0 Å². The summed E-state index contributed by atoms with van der Waals surface area (Å²) in [4.78, 5) is 0. The highest BCUT2D eigenvalue weighted by Crippen LogP contribution is 2.21. The van der Waals surface area contributed by atoms with Crippen LogP contribution in [-0.2, 0) is 17.7 Å². The molecule has 0 aliphatic carbocycles. The number of hydrogen-bond acceptors (Lipinski definition) is 3. The van der Waals surface area contributed by atoms with E-state index in [1.807, 2.05) is 24.3 Å². The molecule has 0 aliphatic rings. The Balaban J connectivity index is 2.06. The lowest BCUT2D eigenvalue weighted by Crippen LogP contribution is -2.05. The van der Waals surface area contributed by atoms with Crippen LogP contribution in [0, 0.1) is 0 Å². The second-order valence-corrected chi connectivity index (χ2v) is 4.57. The monoisotopic (exact) mass is 271 g/mol. The summed E-state index contributed by atoms with van der Waals surface area (Å²) >= 11 is 0. The van der Waals surface area contributed by atoms with Gasteiger partial charge in [-0.05, 0) is 24.1 Å². The smallest absolute Gasteiger partial charge is 0.123 e. The molecule has 0 atom stereocenters. The van der Waals surface area contributed by atoms with Crippen LogP contribution >= 0.6 is 0 Å². The van der Waals surface area contributed by atoms with Crippen LogP contribution in [0.5, 0.6) is 5.75 Å². The number of ether oxygens (including phenoxy) is 2. The largest absolute Gasteiger partial charge is 0.496 e. The molecule has 106 valence electrons. The number of para-hydroxylation sites is 2. The van der Waals surface area contributed by atoms with E-state index >= 15 is 0 Å². The molecule has 0 aromatic heterocycles. The summed E-state index contributed by atoms with van der Waals surface area (Å²) < 4.78 is 10.5. The molecular weight excluding hydrogens is 250 g/mol. The van der Waals surface area contributed by atoms with Crippen molar-refractivity contribution in [3.8, 4) is 5.75 Å². The highest BCUT2D eigenvalue weighted by atomic mass is 16.5. The van der Waals surface area contributed by atoms with Crippen molar-refractivity contribution >= 4 is 5.69 Å². The lowest BCUT2D eigenvalue weighted by atomic mass is 10.1. The molecule has 2 aromatic carbocycles. The molecule has 0 heterocycles. The second kappa shape index (κ2) is 7.56. The molecule has 2 aromatic rings. The molecule has 1 N–H and O–H groups in total. The first-order valence-electron chi connectivity index (χ1n) is 6.77. The van der Waals surface area contributed by atoms with Crippen molar-refractivity contribution in [3.05, 3.63) is 59.7 Å². The summed E-state index contributed by atoms with van der Waals surface area (Å²) in [6.07, 6.45) is 0.908. The predicted molar refractivity (Wildman–Crippen MR) is 82.3 cm³/mol. The van der Waals surface area contributed by atoms with Crippen molar-refractivity contribution in [2.45, 2.75) is 13.0 Å². The standard InChI is InChI=1S/C17H21NO2/c1-19-12-11-14-7-3-5-9-16(14)18-13-15-8-4-6-10-17(15)20-2/h3-10,18H,11-13H2,1-2H3. The maximum Gasteiger partial charge on any atom is 0.123 e. The molecule has 2 rings (SSSR count). The highest BCUT2D eigenvalue weighted by molar-refractivity contribution is 5.52. The maximum absolute atomic E-state index is 5.37. The summed E-state index contributed by atoms with van der Waals surface area (Å²) in [5.74, 6) is 0.911. The van der Waals surface area contributed by atoms with Gasteiger partial charge in [0.25, 0.3) is 0 Å². The Morgan fingerprint density at radius 3 is 2.35 bits per heavy atom. The Kier molecular flexibility index (Phi) is 5.44. The molecule has 0 amide bonds. The van der Waals surface area contributed by atoms with Crippen molar-refractivity contribution in [3.63, 3.8) is 0 Å². The van der Waals surface area contributed by atoms with Crippen molar-refractivity contribution in [2.24, 2.45) is 0 Å². The molecule has 0 radical (unpaired) electrons. The Morgan fingerprint density at radius 2 is 1.60 bits per heavy atom. The Labute approximate surface area is 120 Å². The van der Waals surface area contributed by atoms with Gasteiger partial charge in [-0.3, -0.25) is 0 Å². The molecule has 0 saturated carbocycles. The average molecular weight is 271 g/mol.